The van der Waals surface area contributed by atoms with Crippen molar-refractivity contribution >= 4 is 0 Å². The lowest BCUT2D eigenvalue weighted by atomic mass is 10.1. The molecule has 0 aliphatic rings. The molecule has 0 spiro atoms. The molecule has 1 unspecified atom stereocenters. The Hall–Kier alpha value is -1.99. The van der Waals surface area contributed by atoms with Crippen molar-refractivity contribution in [3.8, 4) is 11.7 Å². The summed E-state index contributed by atoms with van der Waals surface area (Å²) in [5.74, 6) is 1.02. The van der Waals surface area contributed by atoms with E-state index >= 15 is 0 Å². The van der Waals surface area contributed by atoms with Gasteiger partial charge in [0.05, 0.1) is 5.69 Å². The summed E-state index contributed by atoms with van der Waals surface area (Å²) < 4.78 is 7.20. The van der Waals surface area contributed by atoms with Crippen molar-refractivity contribution in [3.05, 3.63) is 29.6 Å². The highest BCUT2D eigenvalue weighted by molar-refractivity contribution is 5.26. The van der Waals surface area contributed by atoms with Crippen LogP contribution in [0.1, 0.15) is 32.2 Å². The van der Waals surface area contributed by atoms with Crippen LogP contribution in [0.2, 0.25) is 0 Å². The van der Waals surface area contributed by atoms with E-state index in [-0.39, 0.29) is 12.1 Å². The first kappa shape index (κ1) is 17.4. The molecule has 23 heavy (non-hydrogen) atoms. The lowest BCUT2D eigenvalue weighted by molar-refractivity contribution is 0.0972. The van der Waals surface area contributed by atoms with E-state index in [1.54, 1.807) is 16.8 Å². The molecule has 2 rings (SSSR count). The van der Waals surface area contributed by atoms with Crippen LogP contribution in [0.15, 0.2) is 18.2 Å². The van der Waals surface area contributed by atoms with Crippen LogP contribution in [-0.4, -0.2) is 49.9 Å². The van der Waals surface area contributed by atoms with E-state index in [1.807, 2.05) is 40.7 Å². The molecular weight excluding hydrogens is 294 g/mol. The summed E-state index contributed by atoms with van der Waals surface area (Å²) >= 11 is 0. The maximum absolute atomic E-state index is 9.90. The molecule has 0 aliphatic heterocycles. The Labute approximate surface area is 136 Å². The molecule has 7 nitrogen and oxygen atoms in total. The fourth-order valence-corrected chi connectivity index (χ4v) is 2.03. The van der Waals surface area contributed by atoms with E-state index in [0.29, 0.717) is 18.2 Å². The number of aliphatic hydroxyl groups excluding tert-OH is 1. The zero-order chi connectivity index (χ0) is 17.0. The molecule has 0 aliphatic carbocycles. The number of nitrogens with zero attached hydrogens (tertiary/aromatic N) is 4. The third-order valence-electron chi connectivity index (χ3n) is 3.14. The lowest BCUT2D eigenvalue weighted by Gasteiger charge is -2.22. The summed E-state index contributed by atoms with van der Waals surface area (Å²) in [6.45, 7) is 10.7. The largest absolute Gasteiger partial charge is 0.474 e. The van der Waals surface area contributed by atoms with Gasteiger partial charge >= 0.3 is 0 Å². The minimum atomic E-state index is -0.605. The van der Waals surface area contributed by atoms with E-state index in [2.05, 4.69) is 20.6 Å². The normalized spacial score (nSPS) is 13.1. The minimum Gasteiger partial charge on any atom is -0.474 e. The second kappa shape index (κ2) is 7.06. The molecule has 0 fully saturated rings. The number of hydrogen-bond donors (Lipinski definition) is 2. The van der Waals surface area contributed by atoms with Crippen LogP contribution in [0.3, 0.4) is 0 Å². The number of aryl methyl sites for hydroxylation is 2. The Morgan fingerprint density at radius 1 is 1.26 bits per heavy atom. The van der Waals surface area contributed by atoms with Crippen LogP contribution >= 0.6 is 0 Å². The van der Waals surface area contributed by atoms with Crippen LogP contribution in [0.4, 0.5) is 0 Å². The highest BCUT2D eigenvalue weighted by Crippen LogP contribution is 2.11. The molecule has 0 aromatic carbocycles. The monoisotopic (exact) mass is 319 g/mol. The molecular formula is C16H25N5O2. The van der Waals surface area contributed by atoms with E-state index < -0.39 is 6.10 Å². The second-order valence-corrected chi connectivity index (χ2v) is 6.66. The van der Waals surface area contributed by atoms with E-state index in [9.17, 15) is 5.11 Å². The Morgan fingerprint density at radius 2 is 2.00 bits per heavy atom. The summed E-state index contributed by atoms with van der Waals surface area (Å²) in [6.07, 6.45) is -0.605. The first-order chi connectivity index (χ1) is 10.7. The minimum absolute atomic E-state index is 0.0395. The topological polar surface area (TPSA) is 85.1 Å². The summed E-state index contributed by atoms with van der Waals surface area (Å²) in [5.41, 5.74) is 1.88. The first-order valence-electron chi connectivity index (χ1n) is 7.68. The second-order valence-electron chi connectivity index (χ2n) is 6.66. The molecule has 126 valence electrons. The van der Waals surface area contributed by atoms with Crippen molar-refractivity contribution in [3.63, 3.8) is 0 Å². The van der Waals surface area contributed by atoms with Crippen molar-refractivity contribution in [2.24, 2.45) is 0 Å². The SMILES string of the molecule is Cc1cc(C)n(-c2ccc(OCC(O)CNC(C)(C)C)nn2)n1. The van der Waals surface area contributed by atoms with Gasteiger partial charge in [0.2, 0.25) is 5.88 Å². The Balaban J connectivity index is 1.89. The van der Waals surface area contributed by atoms with Crippen LogP contribution in [0.25, 0.3) is 5.82 Å². The van der Waals surface area contributed by atoms with Gasteiger partial charge in [0, 0.05) is 23.8 Å². The molecule has 1 atom stereocenters. The molecule has 0 bridgehead atoms. The Morgan fingerprint density at radius 3 is 2.52 bits per heavy atom. The zero-order valence-electron chi connectivity index (χ0n) is 14.4. The summed E-state index contributed by atoms with van der Waals surface area (Å²) in [4.78, 5) is 0. The smallest absolute Gasteiger partial charge is 0.233 e. The van der Waals surface area contributed by atoms with Gasteiger partial charge in [0.25, 0.3) is 0 Å². The first-order valence-corrected chi connectivity index (χ1v) is 7.68. The van der Waals surface area contributed by atoms with E-state index in [4.69, 9.17) is 4.74 Å². The van der Waals surface area contributed by atoms with Crippen molar-refractivity contribution < 1.29 is 9.84 Å². The van der Waals surface area contributed by atoms with Crippen LogP contribution in [0, 0.1) is 13.8 Å². The van der Waals surface area contributed by atoms with E-state index in [1.165, 1.54) is 0 Å². The predicted molar refractivity (Wildman–Crippen MR) is 87.9 cm³/mol. The number of aliphatic hydroxyl groups is 1. The highest BCUT2D eigenvalue weighted by Gasteiger charge is 2.13. The zero-order valence-corrected chi connectivity index (χ0v) is 14.4. The van der Waals surface area contributed by atoms with Crippen LogP contribution in [0.5, 0.6) is 5.88 Å². The van der Waals surface area contributed by atoms with Crippen molar-refractivity contribution in [1.29, 1.82) is 0 Å². The molecule has 7 heteroatoms. The maximum atomic E-state index is 9.90. The molecule has 2 heterocycles. The van der Waals surface area contributed by atoms with Crippen LogP contribution in [-0.2, 0) is 0 Å². The van der Waals surface area contributed by atoms with Crippen molar-refractivity contribution in [2.45, 2.75) is 46.3 Å². The third kappa shape index (κ3) is 5.30. The van der Waals surface area contributed by atoms with Gasteiger partial charge in [-0.2, -0.15) is 5.10 Å². The molecule has 0 amide bonds. The van der Waals surface area contributed by atoms with Gasteiger partial charge in [-0.15, -0.1) is 10.2 Å². The maximum Gasteiger partial charge on any atom is 0.233 e. The van der Waals surface area contributed by atoms with Crippen molar-refractivity contribution in [1.82, 2.24) is 25.3 Å². The molecule has 0 saturated heterocycles. The van der Waals surface area contributed by atoms with Crippen molar-refractivity contribution in [2.75, 3.05) is 13.2 Å². The highest BCUT2D eigenvalue weighted by atomic mass is 16.5. The van der Waals surface area contributed by atoms with Gasteiger partial charge < -0.3 is 15.2 Å². The Kier molecular flexibility index (Phi) is 5.33. The van der Waals surface area contributed by atoms with Gasteiger partial charge in [-0.3, -0.25) is 0 Å². The van der Waals surface area contributed by atoms with Gasteiger partial charge in [0.1, 0.15) is 12.7 Å². The number of rotatable bonds is 6. The third-order valence-corrected chi connectivity index (χ3v) is 3.14. The standard InChI is InChI=1S/C16H25N5O2/c1-11-8-12(2)21(20-11)14-6-7-15(19-18-14)23-10-13(22)9-17-16(3,4)5/h6-8,13,17,22H,9-10H2,1-5H3. The molecule has 2 aromatic rings. The lowest BCUT2D eigenvalue weighted by Crippen LogP contribution is -2.42. The van der Waals surface area contributed by atoms with Crippen LogP contribution < -0.4 is 10.1 Å². The predicted octanol–water partition coefficient (Wildman–Crippen LogP) is 1.41. The summed E-state index contributed by atoms with van der Waals surface area (Å²) in [7, 11) is 0. The fourth-order valence-electron chi connectivity index (χ4n) is 2.03. The van der Waals surface area contributed by atoms with E-state index in [0.717, 1.165) is 11.4 Å². The number of ether oxygens (including phenoxy) is 1. The summed E-state index contributed by atoms with van der Waals surface area (Å²) in [5, 5.41) is 25.6. The number of hydrogen-bond acceptors (Lipinski definition) is 6. The van der Waals surface area contributed by atoms with Gasteiger partial charge in [-0.05, 0) is 46.8 Å². The Bertz CT molecular complexity index is 631. The molecule has 2 aromatic heterocycles. The summed E-state index contributed by atoms with van der Waals surface area (Å²) in [6, 6.07) is 5.49. The van der Waals surface area contributed by atoms with Gasteiger partial charge in [-0.1, -0.05) is 0 Å². The average molecular weight is 319 g/mol. The molecule has 2 N–H and O–H groups in total. The quantitative estimate of drug-likeness (QED) is 0.837. The number of aromatic nitrogens is 4. The fraction of sp³-hybridized carbons (Fsp3) is 0.562. The number of β-amino-alcohol motifs (C(OH)–C–C–N with tert-alkyl or cyclic N) is 1. The average Bonchev–Trinajstić information content (AvgIpc) is 2.81. The number of nitrogens with one attached hydrogen (secondary N) is 1. The van der Waals surface area contributed by atoms with Gasteiger partial charge in [-0.25, -0.2) is 4.68 Å². The molecule has 0 saturated carbocycles. The van der Waals surface area contributed by atoms with Gasteiger partial charge in [0.15, 0.2) is 5.82 Å². The molecule has 0 radical (unpaired) electrons.